The fourth-order valence-corrected chi connectivity index (χ4v) is 5.73. The van der Waals surface area contributed by atoms with Crippen molar-refractivity contribution in [2.24, 2.45) is 0 Å². The number of amides is 1. The van der Waals surface area contributed by atoms with Crippen LogP contribution in [0.25, 0.3) is 0 Å². The number of nitrogens with one attached hydrogen (secondary N) is 1. The monoisotopic (exact) mass is 476 g/mol. The van der Waals surface area contributed by atoms with E-state index in [0.29, 0.717) is 24.3 Å². The Balaban J connectivity index is 1.56. The minimum atomic E-state index is -3.67. The van der Waals surface area contributed by atoms with Crippen LogP contribution in [-0.2, 0) is 23.0 Å². The van der Waals surface area contributed by atoms with E-state index in [9.17, 15) is 13.2 Å². The van der Waals surface area contributed by atoms with E-state index in [1.165, 1.54) is 21.3 Å². The maximum atomic E-state index is 13.1. The number of hydrogen-bond acceptors (Lipinski definition) is 4. The van der Waals surface area contributed by atoms with Gasteiger partial charge in [-0.15, -0.1) is 11.3 Å². The van der Waals surface area contributed by atoms with E-state index in [2.05, 4.69) is 21.2 Å². The molecule has 0 fully saturated rings. The Morgan fingerprint density at radius 2 is 1.89 bits per heavy atom. The zero-order valence-electron chi connectivity index (χ0n) is 14.8. The van der Waals surface area contributed by atoms with E-state index in [1.54, 1.807) is 35.6 Å². The van der Waals surface area contributed by atoms with Crippen molar-refractivity contribution in [3.05, 3.63) is 80.5 Å². The molecule has 1 aromatic heterocycles. The first-order chi connectivity index (χ1) is 13.4. The molecule has 0 radical (unpaired) electrons. The smallest absolute Gasteiger partial charge is 0.255 e. The number of halogens is 1. The van der Waals surface area contributed by atoms with Crippen LogP contribution in [0.5, 0.6) is 0 Å². The Hall–Kier alpha value is -2.00. The van der Waals surface area contributed by atoms with Crippen LogP contribution < -0.4 is 5.32 Å². The third-order valence-corrected chi connectivity index (χ3v) is 8.00. The molecule has 2 heterocycles. The maximum Gasteiger partial charge on any atom is 0.255 e. The van der Waals surface area contributed by atoms with Crippen LogP contribution in [0.3, 0.4) is 0 Å². The lowest BCUT2D eigenvalue weighted by Gasteiger charge is -2.26. The van der Waals surface area contributed by atoms with Gasteiger partial charge in [-0.25, -0.2) is 8.42 Å². The quantitative estimate of drug-likeness (QED) is 0.602. The van der Waals surface area contributed by atoms with Gasteiger partial charge in [0, 0.05) is 33.7 Å². The molecule has 8 heteroatoms. The van der Waals surface area contributed by atoms with Gasteiger partial charge in [-0.2, -0.15) is 4.31 Å². The first-order valence-corrected chi connectivity index (χ1v) is 11.8. The molecule has 1 aliphatic heterocycles. The highest BCUT2D eigenvalue weighted by Gasteiger charge is 2.29. The van der Waals surface area contributed by atoms with Gasteiger partial charge in [0.2, 0.25) is 10.0 Å². The fourth-order valence-electron chi connectivity index (χ4n) is 3.11. The molecule has 0 saturated heterocycles. The van der Waals surface area contributed by atoms with E-state index >= 15 is 0 Å². The fraction of sp³-hybridized carbons (Fsp3) is 0.150. The van der Waals surface area contributed by atoms with Crippen LogP contribution in [0.1, 0.15) is 20.8 Å². The van der Waals surface area contributed by atoms with Gasteiger partial charge in [0.25, 0.3) is 5.91 Å². The van der Waals surface area contributed by atoms with Gasteiger partial charge in [0.15, 0.2) is 0 Å². The van der Waals surface area contributed by atoms with Gasteiger partial charge >= 0.3 is 0 Å². The van der Waals surface area contributed by atoms with Crippen LogP contribution in [-0.4, -0.2) is 25.2 Å². The predicted octanol–water partition coefficient (Wildman–Crippen LogP) is 4.51. The van der Waals surface area contributed by atoms with E-state index in [1.807, 2.05) is 23.6 Å². The molecule has 0 unspecified atom stereocenters. The molecule has 5 nitrogen and oxygen atoms in total. The summed E-state index contributed by atoms with van der Waals surface area (Å²) in [5, 5.41) is 4.78. The number of hydrogen-bond donors (Lipinski definition) is 1. The third-order valence-electron chi connectivity index (χ3n) is 4.61. The lowest BCUT2D eigenvalue weighted by Crippen LogP contribution is -2.35. The first kappa shape index (κ1) is 19.3. The van der Waals surface area contributed by atoms with Crippen LogP contribution >= 0.6 is 27.3 Å². The second-order valence-corrected chi connectivity index (χ2v) is 10.3. The molecule has 28 heavy (non-hydrogen) atoms. The second-order valence-electron chi connectivity index (χ2n) is 6.45. The number of thiophene rings is 1. The topological polar surface area (TPSA) is 66.5 Å². The van der Waals surface area contributed by atoms with Gasteiger partial charge in [-0.3, -0.25) is 4.79 Å². The largest absolute Gasteiger partial charge is 0.322 e. The van der Waals surface area contributed by atoms with Crippen molar-refractivity contribution in [3.63, 3.8) is 0 Å². The molecular formula is C20H17BrN2O3S2. The highest BCUT2D eigenvalue weighted by Crippen LogP contribution is 2.28. The summed E-state index contributed by atoms with van der Waals surface area (Å²) in [5.74, 6) is -0.349. The van der Waals surface area contributed by atoms with Crippen molar-refractivity contribution >= 4 is 48.9 Å². The average Bonchev–Trinajstić information content (AvgIpc) is 3.17. The number of anilines is 1. The number of carbonyl (C=O) groups is 1. The Morgan fingerprint density at radius 1 is 1.11 bits per heavy atom. The maximum absolute atomic E-state index is 13.1. The van der Waals surface area contributed by atoms with Crippen molar-refractivity contribution in [1.29, 1.82) is 0 Å². The summed E-state index contributed by atoms with van der Waals surface area (Å²) in [4.78, 5) is 13.9. The van der Waals surface area contributed by atoms with E-state index in [0.717, 1.165) is 16.5 Å². The van der Waals surface area contributed by atoms with Crippen molar-refractivity contribution in [1.82, 2.24) is 4.31 Å². The number of rotatable bonds is 4. The summed E-state index contributed by atoms with van der Waals surface area (Å²) >= 11 is 5.01. The standard InChI is InChI=1S/C20H17BrN2O3S2/c21-16-4-6-17(7-5-16)22-20(24)14-2-1-3-18(12-14)28(25,26)23-10-8-19-15(13-23)9-11-27-19/h1-7,9,11-12H,8,10,13H2,(H,22,24). The molecule has 0 saturated carbocycles. The molecule has 144 valence electrons. The number of fused-ring (bicyclic) bond motifs is 1. The number of carbonyl (C=O) groups excluding carboxylic acids is 1. The minimum absolute atomic E-state index is 0.134. The number of nitrogens with zero attached hydrogens (tertiary/aromatic N) is 1. The molecule has 3 aromatic rings. The Bertz CT molecular complexity index is 1120. The van der Waals surface area contributed by atoms with E-state index in [-0.39, 0.29) is 10.8 Å². The summed E-state index contributed by atoms with van der Waals surface area (Å²) in [6.45, 7) is 0.821. The molecular weight excluding hydrogens is 460 g/mol. The molecule has 4 rings (SSSR count). The highest BCUT2D eigenvalue weighted by molar-refractivity contribution is 9.10. The van der Waals surface area contributed by atoms with Crippen LogP contribution in [0.15, 0.2) is 69.3 Å². The molecule has 2 aromatic carbocycles. The van der Waals surface area contributed by atoms with Crippen LogP contribution in [0.4, 0.5) is 5.69 Å². The van der Waals surface area contributed by atoms with E-state index < -0.39 is 10.0 Å². The number of benzene rings is 2. The molecule has 1 amide bonds. The molecule has 0 atom stereocenters. The van der Waals surface area contributed by atoms with Gasteiger partial charge in [-0.05, 0) is 65.9 Å². The van der Waals surface area contributed by atoms with Gasteiger partial charge in [0.1, 0.15) is 0 Å². The normalized spacial score (nSPS) is 14.5. The van der Waals surface area contributed by atoms with Crippen molar-refractivity contribution in [2.75, 3.05) is 11.9 Å². The SMILES string of the molecule is O=C(Nc1ccc(Br)cc1)c1cccc(S(=O)(=O)N2CCc3sccc3C2)c1. The van der Waals surface area contributed by atoms with Gasteiger partial charge in [-0.1, -0.05) is 22.0 Å². The van der Waals surface area contributed by atoms with Crippen molar-refractivity contribution in [3.8, 4) is 0 Å². The summed E-state index contributed by atoms with van der Waals surface area (Å²) in [7, 11) is -3.67. The average molecular weight is 477 g/mol. The third kappa shape index (κ3) is 3.91. The molecule has 0 bridgehead atoms. The summed E-state index contributed by atoms with van der Waals surface area (Å²) in [6.07, 6.45) is 0.718. The highest BCUT2D eigenvalue weighted by atomic mass is 79.9. The van der Waals surface area contributed by atoms with Gasteiger partial charge < -0.3 is 5.32 Å². The zero-order chi connectivity index (χ0) is 19.7. The molecule has 1 N–H and O–H groups in total. The zero-order valence-corrected chi connectivity index (χ0v) is 18.0. The number of sulfonamides is 1. The lowest BCUT2D eigenvalue weighted by atomic mass is 10.1. The van der Waals surface area contributed by atoms with Crippen molar-refractivity contribution < 1.29 is 13.2 Å². The van der Waals surface area contributed by atoms with Crippen LogP contribution in [0.2, 0.25) is 0 Å². The minimum Gasteiger partial charge on any atom is -0.322 e. The molecule has 0 spiro atoms. The molecule has 0 aliphatic carbocycles. The first-order valence-electron chi connectivity index (χ1n) is 8.66. The second kappa shape index (κ2) is 7.79. The Labute approximate surface area is 176 Å². The van der Waals surface area contributed by atoms with Crippen molar-refractivity contribution in [2.45, 2.75) is 17.9 Å². The van der Waals surface area contributed by atoms with Crippen LogP contribution in [0, 0.1) is 0 Å². The Kier molecular flexibility index (Phi) is 5.37. The molecule has 1 aliphatic rings. The summed E-state index contributed by atoms with van der Waals surface area (Å²) in [6, 6.07) is 15.4. The Morgan fingerprint density at radius 3 is 2.68 bits per heavy atom. The lowest BCUT2D eigenvalue weighted by molar-refractivity contribution is 0.102. The predicted molar refractivity (Wildman–Crippen MR) is 114 cm³/mol. The van der Waals surface area contributed by atoms with Gasteiger partial charge in [0.05, 0.1) is 4.90 Å². The van der Waals surface area contributed by atoms with E-state index in [4.69, 9.17) is 0 Å². The summed E-state index contributed by atoms with van der Waals surface area (Å²) in [5.41, 5.74) is 2.00. The summed E-state index contributed by atoms with van der Waals surface area (Å²) < 4.78 is 28.6.